The molecule has 144 valence electrons. The Labute approximate surface area is 172 Å². The lowest BCUT2D eigenvalue weighted by atomic mass is 9.85. The zero-order valence-corrected chi connectivity index (χ0v) is 17.9. The molecule has 26 heavy (non-hydrogen) atoms. The molecule has 7 heteroatoms. The number of hydrogen-bond acceptors (Lipinski definition) is 3. The van der Waals surface area contributed by atoms with E-state index in [1.807, 2.05) is 18.2 Å². The summed E-state index contributed by atoms with van der Waals surface area (Å²) in [5.41, 5.74) is 1.14. The SMILES string of the molecule is CN(C)C(=O)CN=C(NCC1CCC1)NC1CCOc2ccccc21.I. The second-order valence-electron chi connectivity index (χ2n) is 7.00. The maximum absolute atomic E-state index is 11.9. The summed E-state index contributed by atoms with van der Waals surface area (Å²) in [6.07, 6.45) is 4.75. The minimum absolute atomic E-state index is 0. The number of carbonyl (C=O) groups is 1. The molecule has 1 unspecified atom stereocenters. The maximum atomic E-state index is 11.9. The number of ether oxygens (including phenoxy) is 1. The first kappa shape index (κ1) is 20.8. The summed E-state index contributed by atoms with van der Waals surface area (Å²) in [6.45, 7) is 1.74. The molecule has 6 nitrogen and oxygen atoms in total. The molecule has 1 atom stereocenters. The highest BCUT2D eigenvalue weighted by atomic mass is 127. The first-order chi connectivity index (χ1) is 12.1. The van der Waals surface area contributed by atoms with E-state index < -0.39 is 0 Å². The van der Waals surface area contributed by atoms with Crippen LogP contribution in [0.4, 0.5) is 0 Å². The van der Waals surface area contributed by atoms with Crippen molar-refractivity contribution in [3.8, 4) is 5.75 Å². The molecule has 0 radical (unpaired) electrons. The summed E-state index contributed by atoms with van der Waals surface area (Å²) in [7, 11) is 3.50. The fraction of sp³-hybridized carbons (Fsp3) is 0.579. The first-order valence-electron chi connectivity index (χ1n) is 9.10. The number of nitrogens with zero attached hydrogens (tertiary/aromatic N) is 2. The molecule has 3 rings (SSSR count). The zero-order chi connectivity index (χ0) is 17.6. The van der Waals surface area contributed by atoms with E-state index in [2.05, 4.69) is 21.7 Å². The van der Waals surface area contributed by atoms with Crippen molar-refractivity contribution >= 4 is 35.8 Å². The summed E-state index contributed by atoms with van der Waals surface area (Å²) in [5, 5.41) is 6.92. The molecular formula is C19H29IN4O2. The Balaban J connectivity index is 0.00000243. The molecule has 1 aromatic carbocycles. The number of para-hydroxylation sites is 1. The van der Waals surface area contributed by atoms with Gasteiger partial charge < -0.3 is 20.3 Å². The Morgan fingerprint density at radius 1 is 1.27 bits per heavy atom. The number of carbonyl (C=O) groups excluding carboxylic acids is 1. The Morgan fingerprint density at radius 3 is 2.73 bits per heavy atom. The van der Waals surface area contributed by atoms with Gasteiger partial charge in [0.25, 0.3) is 0 Å². The number of rotatable bonds is 5. The molecule has 1 heterocycles. The Kier molecular flexibility index (Phi) is 7.99. The van der Waals surface area contributed by atoms with Gasteiger partial charge in [-0.1, -0.05) is 24.6 Å². The van der Waals surface area contributed by atoms with Gasteiger partial charge in [0, 0.05) is 32.6 Å². The van der Waals surface area contributed by atoms with Crippen LogP contribution in [0, 0.1) is 5.92 Å². The van der Waals surface area contributed by atoms with Gasteiger partial charge in [-0.2, -0.15) is 0 Å². The Hall–Kier alpha value is -1.51. The third kappa shape index (κ3) is 5.49. The predicted octanol–water partition coefficient (Wildman–Crippen LogP) is 2.55. The van der Waals surface area contributed by atoms with Crippen LogP contribution in [-0.4, -0.2) is 50.6 Å². The standard InChI is InChI=1S/C19H28N4O2.HI/c1-23(2)18(24)13-21-19(20-12-14-6-5-7-14)22-16-10-11-25-17-9-4-3-8-15(16)17;/h3-4,8-9,14,16H,5-7,10-13H2,1-2H3,(H2,20,21,22);1H. The smallest absolute Gasteiger partial charge is 0.243 e. The number of hydrogen-bond donors (Lipinski definition) is 2. The van der Waals surface area contributed by atoms with Gasteiger partial charge >= 0.3 is 0 Å². The largest absolute Gasteiger partial charge is 0.493 e. The summed E-state index contributed by atoms with van der Waals surface area (Å²) < 4.78 is 5.73. The van der Waals surface area contributed by atoms with E-state index in [1.165, 1.54) is 19.3 Å². The molecule has 0 spiro atoms. The lowest BCUT2D eigenvalue weighted by Crippen LogP contribution is -2.44. The highest BCUT2D eigenvalue weighted by molar-refractivity contribution is 14.0. The van der Waals surface area contributed by atoms with E-state index in [0.717, 1.165) is 30.2 Å². The van der Waals surface area contributed by atoms with Crippen LogP contribution in [0.15, 0.2) is 29.3 Å². The molecule has 1 amide bonds. The molecule has 0 saturated heterocycles. The Morgan fingerprint density at radius 2 is 2.04 bits per heavy atom. The zero-order valence-electron chi connectivity index (χ0n) is 15.5. The van der Waals surface area contributed by atoms with Gasteiger partial charge in [-0.15, -0.1) is 24.0 Å². The third-order valence-electron chi connectivity index (χ3n) is 4.92. The van der Waals surface area contributed by atoms with Gasteiger partial charge in [0.2, 0.25) is 5.91 Å². The number of fused-ring (bicyclic) bond motifs is 1. The molecule has 1 aromatic rings. The second-order valence-corrected chi connectivity index (χ2v) is 7.00. The quantitative estimate of drug-likeness (QED) is 0.393. The first-order valence-corrected chi connectivity index (χ1v) is 9.10. The fourth-order valence-electron chi connectivity index (χ4n) is 3.04. The summed E-state index contributed by atoms with van der Waals surface area (Å²) >= 11 is 0. The minimum Gasteiger partial charge on any atom is -0.493 e. The molecule has 1 aliphatic heterocycles. The van der Waals surface area contributed by atoms with Crippen LogP contribution < -0.4 is 15.4 Å². The predicted molar refractivity (Wildman–Crippen MR) is 114 cm³/mol. The van der Waals surface area contributed by atoms with Crippen LogP contribution in [0.3, 0.4) is 0 Å². The number of nitrogens with one attached hydrogen (secondary N) is 2. The fourth-order valence-corrected chi connectivity index (χ4v) is 3.04. The van der Waals surface area contributed by atoms with Crippen molar-refractivity contribution in [1.29, 1.82) is 0 Å². The van der Waals surface area contributed by atoms with E-state index in [1.54, 1.807) is 19.0 Å². The van der Waals surface area contributed by atoms with Crippen LogP contribution in [0.25, 0.3) is 0 Å². The summed E-state index contributed by atoms with van der Waals surface area (Å²) in [5.74, 6) is 2.36. The lowest BCUT2D eigenvalue weighted by molar-refractivity contribution is -0.127. The number of guanidine groups is 1. The minimum atomic E-state index is -0.00267. The van der Waals surface area contributed by atoms with Gasteiger partial charge in [0.15, 0.2) is 5.96 Å². The molecule has 1 fully saturated rings. The maximum Gasteiger partial charge on any atom is 0.243 e. The molecular weight excluding hydrogens is 443 g/mol. The second kappa shape index (κ2) is 9.99. The van der Waals surface area contributed by atoms with Crippen molar-refractivity contribution in [2.75, 3.05) is 33.8 Å². The average molecular weight is 472 g/mol. The van der Waals surface area contributed by atoms with Gasteiger partial charge in [0.05, 0.1) is 12.6 Å². The Bertz CT molecular complexity index is 632. The molecule has 0 bridgehead atoms. The number of halogens is 1. The average Bonchev–Trinajstić information content (AvgIpc) is 2.58. The summed E-state index contributed by atoms with van der Waals surface area (Å²) in [4.78, 5) is 18.0. The van der Waals surface area contributed by atoms with Crippen molar-refractivity contribution < 1.29 is 9.53 Å². The molecule has 1 saturated carbocycles. The summed E-state index contributed by atoms with van der Waals surface area (Å²) in [6, 6.07) is 8.24. The normalized spacial score (nSPS) is 19.3. The highest BCUT2D eigenvalue weighted by Gasteiger charge is 2.23. The van der Waals surface area contributed by atoms with Gasteiger partial charge in [0.1, 0.15) is 12.3 Å². The van der Waals surface area contributed by atoms with Crippen LogP contribution in [0.5, 0.6) is 5.75 Å². The van der Waals surface area contributed by atoms with Crippen molar-refractivity contribution in [3.63, 3.8) is 0 Å². The molecule has 2 N–H and O–H groups in total. The van der Waals surface area contributed by atoms with E-state index >= 15 is 0 Å². The van der Waals surface area contributed by atoms with Crippen LogP contribution in [0.1, 0.15) is 37.3 Å². The molecule has 2 aliphatic rings. The topological polar surface area (TPSA) is 66.0 Å². The van der Waals surface area contributed by atoms with Crippen molar-refractivity contribution in [2.24, 2.45) is 10.9 Å². The van der Waals surface area contributed by atoms with E-state index in [0.29, 0.717) is 12.6 Å². The van der Waals surface area contributed by atoms with Crippen LogP contribution in [-0.2, 0) is 4.79 Å². The van der Waals surface area contributed by atoms with E-state index in [-0.39, 0.29) is 42.5 Å². The monoisotopic (exact) mass is 472 g/mol. The third-order valence-corrected chi connectivity index (χ3v) is 4.92. The van der Waals surface area contributed by atoms with Crippen molar-refractivity contribution in [1.82, 2.24) is 15.5 Å². The number of amides is 1. The number of likely N-dealkylation sites (N-methyl/N-ethyl adjacent to an activating group) is 1. The van der Waals surface area contributed by atoms with E-state index in [4.69, 9.17) is 4.74 Å². The van der Waals surface area contributed by atoms with Gasteiger partial charge in [-0.3, -0.25) is 4.79 Å². The number of benzene rings is 1. The highest BCUT2D eigenvalue weighted by Crippen LogP contribution is 2.31. The lowest BCUT2D eigenvalue weighted by Gasteiger charge is -2.30. The van der Waals surface area contributed by atoms with Gasteiger partial charge in [-0.05, 0) is 24.8 Å². The molecule has 0 aromatic heterocycles. The van der Waals surface area contributed by atoms with Gasteiger partial charge in [-0.25, -0.2) is 4.99 Å². The van der Waals surface area contributed by atoms with Crippen LogP contribution >= 0.6 is 24.0 Å². The van der Waals surface area contributed by atoms with E-state index in [9.17, 15) is 4.79 Å². The number of aliphatic imine (C=N–C) groups is 1. The van der Waals surface area contributed by atoms with Crippen molar-refractivity contribution in [3.05, 3.63) is 29.8 Å². The molecule has 1 aliphatic carbocycles. The van der Waals surface area contributed by atoms with Crippen LogP contribution in [0.2, 0.25) is 0 Å². The van der Waals surface area contributed by atoms with Crippen molar-refractivity contribution in [2.45, 2.75) is 31.7 Å².